The van der Waals surface area contributed by atoms with Gasteiger partial charge in [0.25, 0.3) is 0 Å². The third-order valence-corrected chi connectivity index (χ3v) is 3.49. The van der Waals surface area contributed by atoms with E-state index in [1.165, 1.54) is 0 Å². The predicted octanol–water partition coefficient (Wildman–Crippen LogP) is 3.48. The van der Waals surface area contributed by atoms with Crippen LogP contribution in [0, 0.1) is 0 Å². The Labute approximate surface area is 144 Å². The summed E-state index contributed by atoms with van der Waals surface area (Å²) in [6, 6.07) is 9.84. The summed E-state index contributed by atoms with van der Waals surface area (Å²) >= 11 is 0. The lowest BCUT2D eigenvalue weighted by Gasteiger charge is -2.25. The second kappa shape index (κ2) is 11.8. The van der Waals surface area contributed by atoms with Gasteiger partial charge in [-0.05, 0) is 31.9 Å². The first-order valence-corrected chi connectivity index (χ1v) is 8.14. The highest BCUT2D eigenvalue weighted by Crippen LogP contribution is 2.15. The van der Waals surface area contributed by atoms with Gasteiger partial charge in [-0.15, -0.1) is 0 Å². The standard InChI is InChI=1S/C19H28O5/c1-5-9-15(2)24-18(20)13-12-17(19(21-3)22-4)23-14-16-10-7-6-8-11-16/h5-11,15,17,19H,12-14H2,1-4H3/b9-5+/t15-,17+/m1/s1. The lowest BCUT2D eigenvalue weighted by atomic mass is 10.1. The molecule has 24 heavy (non-hydrogen) atoms. The van der Waals surface area contributed by atoms with Crippen LogP contribution in [-0.4, -0.2) is 38.7 Å². The van der Waals surface area contributed by atoms with Crippen LogP contribution in [0.1, 0.15) is 32.3 Å². The Morgan fingerprint density at radius 3 is 2.42 bits per heavy atom. The molecule has 134 valence electrons. The van der Waals surface area contributed by atoms with Crippen LogP contribution in [0.3, 0.4) is 0 Å². The molecule has 0 saturated heterocycles. The largest absolute Gasteiger partial charge is 0.458 e. The molecular formula is C19H28O5. The summed E-state index contributed by atoms with van der Waals surface area (Å²) in [6.45, 7) is 4.15. The fourth-order valence-corrected chi connectivity index (χ4v) is 2.31. The molecule has 1 aromatic rings. The van der Waals surface area contributed by atoms with E-state index in [9.17, 15) is 4.79 Å². The second-order valence-electron chi connectivity index (χ2n) is 5.43. The molecule has 1 rings (SSSR count). The Kier molecular flexibility index (Phi) is 10.00. The maximum absolute atomic E-state index is 11.9. The van der Waals surface area contributed by atoms with Gasteiger partial charge < -0.3 is 18.9 Å². The van der Waals surface area contributed by atoms with E-state index in [0.29, 0.717) is 13.0 Å². The minimum atomic E-state index is -0.533. The Morgan fingerprint density at radius 2 is 1.83 bits per heavy atom. The van der Waals surface area contributed by atoms with Crippen molar-refractivity contribution in [1.82, 2.24) is 0 Å². The Bertz CT molecular complexity index is 482. The first-order chi connectivity index (χ1) is 11.6. The summed E-state index contributed by atoms with van der Waals surface area (Å²) in [4.78, 5) is 11.9. The number of esters is 1. The highest BCUT2D eigenvalue weighted by atomic mass is 16.7. The van der Waals surface area contributed by atoms with Gasteiger partial charge in [0, 0.05) is 20.6 Å². The summed E-state index contributed by atoms with van der Waals surface area (Å²) in [5.74, 6) is -0.264. The number of allylic oxidation sites excluding steroid dienone is 1. The molecule has 0 aliphatic heterocycles. The molecule has 0 aromatic heterocycles. The van der Waals surface area contributed by atoms with E-state index in [-0.39, 0.29) is 24.6 Å². The highest BCUT2D eigenvalue weighted by molar-refractivity contribution is 5.69. The molecule has 0 N–H and O–H groups in total. The zero-order valence-corrected chi connectivity index (χ0v) is 14.9. The van der Waals surface area contributed by atoms with Crippen molar-refractivity contribution in [3.8, 4) is 0 Å². The van der Waals surface area contributed by atoms with E-state index in [1.54, 1.807) is 14.2 Å². The van der Waals surface area contributed by atoms with Gasteiger partial charge in [0.15, 0.2) is 6.29 Å². The molecule has 0 amide bonds. The van der Waals surface area contributed by atoms with Crippen LogP contribution in [0.25, 0.3) is 0 Å². The molecule has 0 fully saturated rings. The molecule has 0 unspecified atom stereocenters. The number of rotatable bonds is 11. The monoisotopic (exact) mass is 336 g/mol. The van der Waals surface area contributed by atoms with Gasteiger partial charge >= 0.3 is 5.97 Å². The number of benzene rings is 1. The maximum Gasteiger partial charge on any atom is 0.306 e. The molecule has 0 heterocycles. The van der Waals surface area contributed by atoms with Crippen molar-refractivity contribution in [3.63, 3.8) is 0 Å². The lowest BCUT2D eigenvalue weighted by molar-refractivity contribution is -0.187. The number of carbonyl (C=O) groups excluding carboxylic acids is 1. The minimum absolute atomic E-state index is 0.230. The maximum atomic E-state index is 11.9. The molecule has 5 heteroatoms. The van der Waals surface area contributed by atoms with E-state index in [1.807, 2.05) is 56.3 Å². The van der Waals surface area contributed by atoms with E-state index >= 15 is 0 Å². The molecule has 0 spiro atoms. The number of hydrogen-bond donors (Lipinski definition) is 0. The molecule has 0 radical (unpaired) electrons. The van der Waals surface area contributed by atoms with Crippen molar-refractivity contribution in [3.05, 3.63) is 48.0 Å². The van der Waals surface area contributed by atoms with Crippen LogP contribution >= 0.6 is 0 Å². The fourth-order valence-electron chi connectivity index (χ4n) is 2.31. The zero-order valence-electron chi connectivity index (χ0n) is 14.9. The van der Waals surface area contributed by atoms with Gasteiger partial charge in [-0.1, -0.05) is 36.4 Å². The normalized spacial score (nSPS) is 14.0. The van der Waals surface area contributed by atoms with Gasteiger partial charge in [-0.25, -0.2) is 0 Å². The quantitative estimate of drug-likeness (QED) is 0.352. The Hall–Kier alpha value is -1.69. The molecule has 0 aliphatic carbocycles. The van der Waals surface area contributed by atoms with Crippen LogP contribution < -0.4 is 0 Å². The summed E-state index contributed by atoms with van der Waals surface area (Å²) in [5, 5.41) is 0. The Morgan fingerprint density at radius 1 is 1.17 bits per heavy atom. The SMILES string of the molecule is C/C=C/[C@@H](C)OC(=O)CC[C@H](OCc1ccccc1)C(OC)OC. The zero-order chi connectivity index (χ0) is 17.8. The van der Waals surface area contributed by atoms with Crippen LogP contribution in [0.5, 0.6) is 0 Å². The molecular weight excluding hydrogens is 308 g/mol. The van der Waals surface area contributed by atoms with Gasteiger partial charge in [-0.2, -0.15) is 0 Å². The third kappa shape index (κ3) is 7.73. The van der Waals surface area contributed by atoms with Gasteiger partial charge in [0.05, 0.1) is 6.61 Å². The minimum Gasteiger partial charge on any atom is -0.458 e. The van der Waals surface area contributed by atoms with Crippen molar-refractivity contribution >= 4 is 5.97 Å². The molecule has 0 aliphatic rings. The number of hydrogen-bond acceptors (Lipinski definition) is 5. The van der Waals surface area contributed by atoms with E-state index < -0.39 is 6.29 Å². The van der Waals surface area contributed by atoms with Crippen LogP contribution in [0.4, 0.5) is 0 Å². The first-order valence-electron chi connectivity index (χ1n) is 8.14. The second-order valence-corrected chi connectivity index (χ2v) is 5.43. The molecule has 5 nitrogen and oxygen atoms in total. The number of carbonyl (C=O) groups is 1. The first kappa shape index (κ1) is 20.4. The molecule has 0 saturated carbocycles. The predicted molar refractivity (Wildman–Crippen MR) is 92.4 cm³/mol. The summed E-state index contributed by atoms with van der Waals surface area (Å²) in [7, 11) is 3.11. The van der Waals surface area contributed by atoms with Crippen LogP contribution in [-0.2, 0) is 30.3 Å². The topological polar surface area (TPSA) is 54.0 Å². The van der Waals surface area contributed by atoms with Crippen molar-refractivity contribution < 1.29 is 23.7 Å². The van der Waals surface area contributed by atoms with E-state index in [2.05, 4.69) is 0 Å². The molecule has 1 aromatic carbocycles. The van der Waals surface area contributed by atoms with Crippen molar-refractivity contribution in [2.24, 2.45) is 0 Å². The smallest absolute Gasteiger partial charge is 0.306 e. The molecule has 0 bridgehead atoms. The lowest BCUT2D eigenvalue weighted by Crippen LogP contribution is -2.33. The van der Waals surface area contributed by atoms with Crippen LogP contribution in [0.2, 0.25) is 0 Å². The van der Waals surface area contributed by atoms with Crippen LogP contribution in [0.15, 0.2) is 42.5 Å². The fraction of sp³-hybridized carbons (Fsp3) is 0.526. The van der Waals surface area contributed by atoms with E-state index in [4.69, 9.17) is 18.9 Å². The highest BCUT2D eigenvalue weighted by Gasteiger charge is 2.23. The van der Waals surface area contributed by atoms with Crippen molar-refractivity contribution in [2.45, 2.75) is 51.8 Å². The summed E-state index contributed by atoms with van der Waals surface area (Å²) < 4.78 is 21.8. The Balaban J connectivity index is 2.54. The van der Waals surface area contributed by atoms with Gasteiger partial charge in [-0.3, -0.25) is 4.79 Å². The van der Waals surface area contributed by atoms with Gasteiger partial charge in [0.2, 0.25) is 0 Å². The third-order valence-electron chi connectivity index (χ3n) is 3.49. The summed E-state index contributed by atoms with van der Waals surface area (Å²) in [5.41, 5.74) is 1.05. The van der Waals surface area contributed by atoms with E-state index in [0.717, 1.165) is 5.56 Å². The number of ether oxygens (including phenoxy) is 4. The number of methoxy groups -OCH3 is 2. The van der Waals surface area contributed by atoms with Gasteiger partial charge in [0.1, 0.15) is 12.2 Å². The average molecular weight is 336 g/mol. The molecule has 2 atom stereocenters. The summed E-state index contributed by atoms with van der Waals surface area (Å²) in [6.07, 6.45) is 3.26. The van der Waals surface area contributed by atoms with Crippen molar-refractivity contribution in [1.29, 1.82) is 0 Å². The average Bonchev–Trinajstić information content (AvgIpc) is 2.58. The van der Waals surface area contributed by atoms with Crippen molar-refractivity contribution in [2.75, 3.05) is 14.2 Å².